The second kappa shape index (κ2) is 7.21. The molecule has 0 saturated carbocycles. The highest BCUT2D eigenvalue weighted by Gasteiger charge is 2.20. The van der Waals surface area contributed by atoms with E-state index in [0.29, 0.717) is 17.5 Å². The van der Waals surface area contributed by atoms with Crippen LogP contribution in [-0.4, -0.2) is 32.6 Å². The van der Waals surface area contributed by atoms with Gasteiger partial charge in [-0.05, 0) is 18.1 Å². The summed E-state index contributed by atoms with van der Waals surface area (Å²) in [4.78, 5) is 12.7. The Balaban J connectivity index is 1.85. The largest absolute Gasteiger partial charge is 0.493 e. The number of methoxy groups -OCH3 is 1. The summed E-state index contributed by atoms with van der Waals surface area (Å²) in [5, 5.41) is 11.5. The van der Waals surface area contributed by atoms with Gasteiger partial charge in [-0.2, -0.15) is 10.2 Å². The van der Waals surface area contributed by atoms with E-state index in [4.69, 9.17) is 4.74 Å². The number of para-hydroxylation sites is 1. The van der Waals surface area contributed by atoms with Gasteiger partial charge in [-0.25, -0.2) is 9.36 Å². The minimum atomic E-state index is -0.336. The van der Waals surface area contributed by atoms with Crippen LogP contribution < -0.4 is 10.1 Å². The van der Waals surface area contributed by atoms with Crippen molar-refractivity contribution in [2.45, 2.75) is 20.4 Å². The van der Waals surface area contributed by atoms with E-state index < -0.39 is 0 Å². The predicted octanol–water partition coefficient (Wildman–Crippen LogP) is 2.99. The zero-order valence-corrected chi connectivity index (χ0v) is 14.5. The van der Waals surface area contributed by atoms with Crippen LogP contribution in [0.2, 0.25) is 0 Å². The monoisotopic (exact) mass is 339 g/mol. The summed E-state index contributed by atoms with van der Waals surface area (Å²) < 4.78 is 8.71. The molecule has 130 valence electrons. The Labute approximate surface area is 146 Å². The smallest absolute Gasteiger partial charge is 0.281 e. The lowest BCUT2D eigenvalue weighted by Gasteiger charge is -2.10. The molecule has 0 unspecified atom stereocenters. The molecule has 1 aromatic carbocycles. The number of nitrogens with one attached hydrogen (secondary N) is 1. The number of nitrogens with zero attached hydrogens (tertiary/aromatic N) is 4. The molecule has 0 aliphatic heterocycles. The Morgan fingerprint density at radius 2 is 2.00 bits per heavy atom. The molecule has 0 fully saturated rings. The highest BCUT2D eigenvalue weighted by molar-refractivity contribution is 6.04. The highest BCUT2D eigenvalue weighted by Crippen LogP contribution is 2.21. The van der Waals surface area contributed by atoms with E-state index in [0.717, 1.165) is 12.2 Å². The van der Waals surface area contributed by atoms with Gasteiger partial charge in [0, 0.05) is 12.6 Å². The summed E-state index contributed by atoms with van der Waals surface area (Å²) in [5.74, 6) is 1.13. The van der Waals surface area contributed by atoms with E-state index in [1.165, 1.54) is 7.11 Å². The Bertz CT molecular complexity index is 851. The van der Waals surface area contributed by atoms with E-state index in [9.17, 15) is 4.79 Å². The van der Waals surface area contributed by atoms with Crippen molar-refractivity contribution >= 4 is 11.7 Å². The molecule has 1 amide bonds. The molecular formula is C18H21N5O2. The van der Waals surface area contributed by atoms with E-state index in [1.807, 2.05) is 30.3 Å². The first-order chi connectivity index (χ1) is 12.1. The van der Waals surface area contributed by atoms with Gasteiger partial charge in [-0.15, -0.1) is 0 Å². The maximum Gasteiger partial charge on any atom is 0.281 e. The molecule has 7 heteroatoms. The molecule has 0 aliphatic carbocycles. The molecule has 7 nitrogen and oxygen atoms in total. The SMILES string of the molecule is COc1cn(-c2ccccc2)nc1C(=O)Nc1ccnn1CC(C)C. The normalized spacial score (nSPS) is 10.9. The Morgan fingerprint density at radius 3 is 2.68 bits per heavy atom. The third kappa shape index (κ3) is 3.71. The minimum absolute atomic E-state index is 0.226. The van der Waals surface area contributed by atoms with Crippen LogP contribution in [0.1, 0.15) is 24.3 Å². The van der Waals surface area contributed by atoms with Crippen LogP contribution in [0.3, 0.4) is 0 Å². The predicted molar refractivity (Wildman–Crippen MR) is 95.1 cm³/mol. The average Bonchev–Trinajstić information content (AvgIpc) is 3.22. The number of amides is 1. The van der Waals surface area contributed by atoms with Crippen molar-refractivity contribution < 1.29 is 9.53 Å². The van der Waals surface area contributed by atoms with Crippen molar-refractivity contribution in [2.24, 2.45) is 5.92 Å². The lowest BCUT2D eigenvalue weighted by Crippen LogP contribution is -2.18. The van der Waals surface area contributed by atoms with Crippen molar-refractivity contribution in [1.82, 2.24) is 19.6 Å². The average molecular weight is 339 g/mol. The van der Waals surface area contributed by atoms with E-state index >= 15 is 0 Å². The van der Waals surface area contributed by atoms with Gasteiger partial charge in [0.25, 0.3) is 5.91 Å². The van der Waals surface area contributed by atoms with Crippen molar-refractivity contribution in [3.63, 3.8) is 0 Å². The Hall–Kier alpha value is -3.09. The second-order valence-electron chi connectivity index (χ2n) is 6.07. The van der Waals surface area contributed by atoms with Gasteiger partial charge >= 0.3 is 0 Å². The van der Waals surface area contributed by atoms with Gasteiger partial charge in [-0.1, -0.05) is 32.0 Å². The third-order valence-corrected chi connectivity index (χ3v) is 3.63. The topological polar surface area (TPSA) is 74.0 Å². The fourth-order valence-electron chi connectivity index (χ4n) is 2.48. The van der Waals surface area contributed by atoms with Crippen LogP contribution in [0, 0.1) is 5.92 Å². The molecule has 0 atom stereocenters. The van der Waals surface area contributed by atoms with Gasteiger partial charge in [0.1, 0.15) is 5.82 Å². The summed E-state index contributed by atoms with van der Waals surface area (Å²) >= 11 is 0. The molecule has 0 bridgehead atoms. The number of benzene rings is 1. The van der Waals surface area contributed by atoms with Gasteiger partial charge < -0.3 is 10.1 Å². The number of hydrogen-bond donors (Lipinski definition) is 1. The highest BCUT2D eigenvalue weighted by atomic mass is 16.5. The van der Waals surface area contributed by atoms with Crippen LogP contribution in [-0.2, 0) is 6.54 Å². The van der Waals surface area contributed by atoms with Crippen LogP contribution in [0.4, 0.5) is 5.82 Å². The fourth-order valence-corrected chi connectivity index (χ4v) is 2.48. The van der Waals surface area contributed by atoms with Gasteiger partial charge in [0.2, 0.25) is 0 Å². The number of anilines is 1. The second-order valence-corrected chi connectivity index (χ2v) is 6.07. The van der Waals surface area contributed by atoms with Crippen molar-refractivity contribution in [3.8, 4) is 11.4 Å². The quantitative estimate of drug-likeness (QED) is 0.749. The molecule has 0 spiro atoms. The first kappa shape index (κ1) is 16.8. The third-order valence-electron chi connectivity index (χ3n) is 3.63. The fraction of sp³-hybridized carbons (Fsp3) is 0.278. The van der Waals surface area contributed by atoms with Crippen LogP contribution in [0.5, 0.6) is 5.75 Å². The maximum absolute atomic E-state index is 12.7. The Kier molecular flexibility index (Phi) is 4.83. The molecule has 0 radical (unpaired) electrons. The molecular weight excluding hydrogens is 318 g/mol. The summed E-state index contributed by atoms with van der Waals surface area (Å²) in [6.07, 6.45) is 3.35. The number of carbonyl (C=O) groups excluding carboxylic acids is 1. The summed E-state index contributed by atoms with van der Waals surface area (Å²) in [6.45, 7) is 4.91. The molecule has 1 N–H and O–H groups in total. The van der Waals surface area contributed by atoms with Crippen LogP contribution in [0.25, 0.3) is 5.69 Å². The lowest BCUT2D eigenvalue weighted by molar-refractivity contribution is 0.101. The van der Waals surface area contributed by atoms with Crippen LogP contribution in [0.15, 0.2) is 48.8 Å². The molecule has 0 aliphatic rings. The van der Waals surface area contributed by atoms with Crippen molar-refractivity contribution in [1.29, 1.82) is 0 Å². The maximum atomic E-state index is 12.7. The zero-order chi connectivity index (χ0) is 17.8. The van der Waals surface area contributed by atoms with Gasteiger partial charge in [-0.3, -0.25) is 4.79 Å². The van der Waals surface area contributed by atoms with E-state index in [2.05, 4.69) is 29.4 Å². The number of aromatic nitrogens is 4. The molecule has 2 heterocycles. The van der Waals surface area contributed by atoms with Crippen molar-refractivity contribution in [3.05, 3.63) is 54.5 Å². The number of rotatable bonds is 6. The first-order valence-electron chi connectivity index (χ1n) is 8.10. The minimum Gasteiger partial charge on any atom is -0.493 e. The standard InChI is InChI=1S/C18H21N5O2/c1-13(2)11-23-16(9-10-19-23)20-18(24)17-15(25-3)12-22(21-17)14-7-5-4-6-8-14/h4-10,12-13H,11H2,1-3H3,(H,20,24). The number of ether oxygens (including phenoxy) is 1. The lowest BCUT2D eigenvalue weighted by atomic mass is 10.2. The van der Waals surface area contributed by atoms with E-state index in [1.54, 1.807) is 27.8 Å². The molecule has 0 saturated heterocycles. The van der Waals surface area contributed by atoms with Gasteiger partial charge in [0.05, 0.1) is 25.2 Å². The van der Waals surface area contributed by atoms with Crippen molar-refractivity contribution in [2.75, 3.05) is 12.4 Å². The summed E-state index contributed by atoms with van der Waals surface area (Å²) in [5.41, 5.74) is 1.08. The summed E-state index contributed by atoms with van der Waals surface area (Å²) in [6, 6.07) is 11.3. The molecule has 25 heavy (non-hydrogen) atoms. The van der Waals surface area contributed by atoms with Gasteiger partial charge in [0.15, 0.2) is 11.4 Å². The van der Waals surface area contributed by atoms with Crippen LogP contribution >= 0.6 is 0 Å². The number of hydrogen-bond acceptors (Lipinski definition) is 4. The summed E-state index contributed by atoms with van der Waals surface area (Å²) in [7, 11) is 1.52. The van der Waals surface area contributed by atoms with E-state index in [-0.39, 0.29) is 11.6 Å². The molecule has 3 aromatic rings. The number of carbonyl (C=O) groups is 1. The molecule has 3 rings (SSSR count). The first-order valence-corrected chi connectivity index (χ1v) is 8.10. The molecule has 2 aromatic heterocycles. The zero-order valence-electron chi connectivity index (χ0n) is 14.5. The Morgan fingerprint density at radius 1 is 1.24 bits per heavy atom.